The lowest BCUT2D eigenvalue weighted by atomic mass is 10.1. The van der Waals surface area contributed by atoms with Crippen LogP contribution in [-0.2, 0) is 22.4 Å². The third kappa shape index (κ3) is 6.61. The average molecular weight is 465 g/mol. The van der Waals surface area contributed by atoms with Crippen LogP contribution in [0.3, 0.4) is 0 Å². The number of rotatable bonds is 11. The minimum absolute atomic E-state index is 0.0464. The van der Waals surface area contributed by atoms with Crippen LogP contribution in [0.25, 0.3) is 0 Å². The highest BCUT2D eigenvalue weighted by Crippen LogP contribution is 2.20. The fraction of sp³-hybridized carbons (Fsp3) is 0.455. The topological polar surface area (TPSA) is 113 Å². The number of carbonyl (C=O) groups is 2. The van der Waals surface area contributed by atoms with Gasteiger partial charge in [-0.05, 0) is 44.2 Å². The highest BCUT2D eigenvalue weighted by molar-refractivity contribution is 6.33. The molecule has 1 atom stereocenters. The zero-order valence-electron chi connectivity index (χ0n) is 17.6. The Hall–Kier alpha value is -2.78. The maximum Gasteiger partial charge on any atom is 0.326 e. The standard InChI is InChI=1S/C22H26ClFN4O4/c23-15-12-25-13-16(24)20(15)21(29)28-19(22(30)31)8-11-32-10-2-1-4-14-6-7-17-18(27-14)5-3-9-26-17/h6-7,12-13,19,26H,1-5,8-11H2,(H,28,29)(H,30,31). The van der Waals surface area contributed by atoms with Gasteiger partial charge in [0.05, 0.1) is 28.2 Å². The van der Waals surface area contributed by atoms with Gasteiger partial charge in [-0.1, -0.05) is 11.6 Å². The molecule has 2 aromatic heterocycles. The first-order valence-corrected chi connectivity index (χ1v) is 11.0. The number of pyridine rings is 2. The molecule has 0 saturated carbocycles. The Morgan fingerprint density at radius 3 is 2.91 bits per heavy atom. The van der Waals surface area contributed by atoms with E-state index in [9.17, 15) is 19.1 Å². The largest absolute Gasteiger partial charge is 0.480 e. The molecule has 8 nitrogen and oxygen atoms in total. The molecule has 0 spiro atoms. The van der Waals surface area contributed by atoms with Gasteiger partial charge in [0.1, 0.15) is 6.04 Å². The third-order valence-corrected chi connectivity index (χ3v) is 5.43. The van der Waals surface area contributed by atoms with Crippen LogP contribution < -0.4 is 10.6 Å². The molecule has 0 radical (unpaired) electrons. The van der Waals surface area contributed by atoms with Gasteiger partial charge in [-0.2, -0.15) is 0 Å². The van der Waals surface area contributed by atoms with Crippen molar-refractivity contribution in [2.24, 2.45) is 0 Å². The number of hydrogen-bond acceptors (Lipinski definition) is 6. The second-order valence-electron chi connectivity index (χ2n) is 7.53. The Morgan fingerprint density at radius 2 is 2.12 bits per heavy atom. The van der Waals surface area contributed by atoms with E-state index in [-0.39, 0.29) is 18.1 Å². The van der Waals surface area contributed by atoms with Gasteiger partial charge in [0.25, 0.3) is 5.91 Å². The average Bonchev–Trinajstić information content (AvgIpc) is 2.77. The van der Waals surface area contributed by atoms with Gasteiger partial charge >= 0.3 is 5.97 Å². The number of carboxylic acids is 1. The van der Waals surface area contributed by atoms with Gasteiger partial charge in [-0.3, -0.25) is 14.8 Å². The van der Waals surface area contributed by atoms with Crippen molar-refractivity contribution in [2.45, 2.75) is 44.6 Å². The normalized spacial score (nSPS) is 13.7. The smallest absolute Gasteiger partial charge is 0.326 e. The molecule has 1 unspecified atom stereocenters. The van der Waals surface area contributed by atoms with Gasteiger partial charge in [-0.25, -0.2) is 9.18 Å². The van der Waals surface area contributed by atoms with Gasteiger partial charge in [0.2, 0.25) is 0 Å². The molecule has 0 aliphatic carbocycles. The van der Waals surface area contributed by atoms with Crippen LogP contribution in [0.5, 0.6) is 0 Å². The summed E-state index contributed by atoms with van der Waals surface area (Å²) in [5.74, 6) is -3.06. The number of unbranched alkanes of at least 4 members (excludes halogenated alkanes) is 1. The monoisotopic (exact) mass is 464 g/mol. The molecule has 3 heterocycles. The summed E-state index contributed by atoms with van der Waals surface area (Å²) >= 11 is 5.80. The van der Waals surface area contributed by atoms with Crippen LogP contribution >= 0.6 is 11.6 Å². The maximum atomic E-state index is 13.8. The summed E-state index contributed by atoms with van der Waals surface area (Å²) in [6, 6.07) is 2.90. The summed E-state index contributed by atoms with van der Waals surface area (Å²) in [4.78, 5) is 31.9. The SMILES string of the molecule is O=C(NC(CCOCCCCc1ccc2c(n1)CCCN2)C(=O)O)c1c(F)cncc1Cl. The molecular formula is C22H26ClFN4O4. The molecule has 0 aromatic carbocycles. The van der Waals surface area contributed by atoms with E-state index in [0.29, 0.717) is 6.61 Å². The van der Waals surface area contributed by atoms with E-state index in [1.807, 2.05) is 6.07 Å². The van der Waals surface area contributed by atoms with E-state index >= 15 is 0 Å². The van der Waals surface area contributed by atoms with Crippen molar-refractivity contribution in [3.05, 3.63) is 52.3 Å². The lowest BCUT2D eigenvalue weighted by Crippen LogP contribution is -2.42. The van der Waals surface area contributed by atoms with Crippen molar-refractivity contribution in [1.82, 2.24) is 15.3 Å². The van der Waals surface area contributed by atoms with E-state index in [1.165, 1.54) is 0 Å². The zero-order chi connectivity index (χ0) is 22.9. The molecule has 2 aromatic rings. The lowest BCUT2D eigenvalue weighted by Gasteiger charge is -2.17. The van der Waals surface area contributed by atoms with Gasteiger partial charge in [0.15, 0.2) is 5.82 Å². The van der Waals surface area contributed by atoms with Crippen LogP contribution in [0.4, 0.5) is 10.1 Å². The molecule has 0 bridgehead atoms. The first kappa shape index (κ1) is 23.9. The number of aliphatic carboxylic acids is 1. The first-order chi connectivity index (χ1) is 15.5. The summed E-state index contributed by atoms with van der Waals surface area (Å²) < 4.78 is 19.3. The zero-order valence-corrected chi connectivity index (χ0v) is 18.3. The van der Waals surface area contributed by atoms with E-state index in [0.717, 1.165) is 68.1 Å². The molecule has 3 N–H and O–H groups in total. The molecule has 1 aliphatic heterocycles. The summed E-state index contributed by atoms with van der Waals surface area (Å²) in [6.07, 6.45) is 6.66. The van der Waals surface area contributed by atoms with Crippen molar-refractivity contribution < 1.29 is 23.8 Å². The molecule has 172 valence electrons. The number of nitrogens with zero attached hydrogens (tertiary/aromatic N) is 2. The van der Waals surface area contributed by atoms with Crippen LogP contribution in [0.15, 0.2) is 24.5 Å². The van der Waals surface area contributed by atoms with E-state index in [4.69, 9.17) is 21.3 Å². The number of anilines is 1. The fourth-order valence-electron chi connectivity index (χ4n) is 3.45. The number of halogens is 2. The van der Waals surface area contributed by atoms with Crippen molar-refractivity contribution in [1.29, 1.82) is 0 Å². The lowest BCUT2D eigenvalue weighted by molar-refractivity contribution is -0.139. The van der Waals surface area contributed by atoms with E-state index < -0.39 is 29.3 Å². The predicted molar refractivity (Wildman–Crippen MR) is 118 cm³/mol. The molecule has 0 fully saturated rings. The Morgan fingerprint density at radius 1 is 1.28 bits per heavy atom. The number of aryl methyl sites for hydroxylation is 2. The second kappa shape index (κ2) is 11.7. The Labute approximate surface area is 190 Å². The molecule has 10 heteroatoms. The number of aromatic nitrogens is 2. The number of amides is 1. The van der Waals surface area contributed by atoms with Crippen molar-refractivity contribution >= 4 is 29.2 Å². The third-order valence-electron chi connectivity index (χ3n) is 5.14. The highest BCUT2D eigenvalue weighted by Gasteiger charge is 2.24. The number of fused-ring (bicyclic) bond motifs is 1. The highest BCUT2D eigenvalue weighted by atomic mass is 35.5. The predicted octanol–water partition coefficient (Wildman–Crippen LogP) is 3.24. The Balaban J connectivity index is 1.36. The number of carbonyl (C=O) groups excluding carboxylic acids is 1. The Kier molecular flexibility index (Phi) is 8.75. The number of hydrogen-bond donors (Lipinski definition) is 3. The molecule has 1 aliphatic rings. The molecular weight excluding hydrogens is 439 g/mol. The molecule has 0 saturated heterocycles. The molecule has 32 heavy (non-hydrogen) atoms. The summed E-state index contributed by atoms with van der Waals surface area (Å²) in [5, 5.41) is 14.8. The van der Waals surface area contributed by atoms with Crippen LogP contribution in [0.1, 0.15) is 47.4 Å². The number of carboxylic acid groups (broad SMARTS) is 1. The van der Waals surface area contributed by atoms with Gasteiger partial charge in [0, 0.05) is 38.1 Å². The number of nitrogens with one attached hydrogen (secondary N) is 2. The minimum Gasteiger partial charge on any atom is -0.480 e. The van der Waals surface area contributed by atoms with Crippen LogP contribution in [0.2, 0.25) is 5.02 Å². The minimum atomic E-state index is -1.24. The quantitative estimate of drug-likeness (QED) is 0.437. The molecule has 1 amide bonds. The first-order valence-electron chi connectivity index (χ1n) is 10.6. The van der Waals surface area contributed by atoms with Gasteiger partial charge in [-0.15, -0.1) is 0 Å². The van der Waals surface area contributed by atoms with Crippen LogP contribution in [0, 0.1) is 5.82 Å². The molecule has 3 rings (SSSR count). The van der Waals surface area contributed by atoms with Gasteiger partial charge < -0.3 is 20.5 Å². The van der Waals surface area contributed by atoms with Crippen molar-refractivity contribution in [3.8, 4) is 0 Å². The number of ether oxygens (including phenoxy) is 1. The van der Waals surface area contributed by atoms with E-state index in [2.05, 4.69) is 21.7 Å². The fourth-order valence-corrected chi connectivity index (χ4v) is 3.68. The summed E-state index contributed by atoms with van der Waals surface area (Å²) in [6.45, 7) is 1.61. The van der Waals surface area contributed by atoms with E-state index in [1.54, 1.807) is 0 Å². The Bertz CT molecular complexity index is 939. The second-order valence-corrected chi connectivity index (χ2v) is 7.93. The van der Waals surface area contributed by atoms with Crippen molar-refractivity contribution in [2.75, 3.05) is 25.1 Å². The maximum absolute atomic E-state index is 13.8. The van der Waals surface area contributed by atoms with Crippen molar-refractivity contribution in [3.63, 3.8) is 0 Å². The summed E-state index contributed by atoms with van der Waals surface area (Å²) in [5.41, 5.74) is 2.88. The summed E-state index contributed by atoms with van der Waals surface area (Å²) in [7, 11) is 0. The van der Waals surface area contributed by atoms with Crippen LogP contribution in [-0.4, -0.2) is 52.8 Å².